The van der Waals surface area contributed by atoms with E-state index >= 15 is 0 Å². The molecule has 88 valence electrons. The first-order valence-corrected chi connectivity index (χ1v) is 5.49. The van der Waals surface area contributed by atoms with Crippen LogP contribution in [0, 0.1) is 5.92 Å². The van der Waals surface area contributed by atoms with E-state index < -0.39 is 11.6 Å². The maximum atomic E-state index is 11.8. The average molecular weight is 224 g/mol. The van der Waals surface area contributed by atoms with Crippen molar-refractivity contribution in [3.63, 3.8) is 0 Å². The molecule has 0 saturated heterocycles. The molecule has 0 saturated carbocycles. The van der Waals surface area contributed by atoms with Crippen molar-refractivity contribution < 1.29 is 19.1 Å². The van der Waals surface area contributed by atoms with E-state index in [4.69, 9.17) is 9.47 Å². The molecule has 0 bridgehead atoms. The largest absolute Gasteiger partial charge is 0.479 e. The zero-order valence-electron chi connectivity index (χ0n) is 9.83. The second-order valence-electron chi connectivity index (χ2n) is 4.84. The van der Waals surface area contributed by atoms with E-state index in [0.717, 1.165) is 6.42 Å². The molecule has 1 aliphatic heterocycles. The minimum atomic E-state index is -1.00. The van der Waals surface area contributed by atoms with Gasteiger partial charge in [-0.3, -0.25) is 4.79 Å². The van der Waals surface area contributed by atoms with Crippen LogP contribution >= 0.6 is 0 Å². The Hall–Kier alpha value is -1.32. The molecular weight excluding hydrogens is 208 g/mol. The second-order valence-corrected chi connectivity index (χ2v) is 4.84. The summed E-state index contributed by atoms with van der Waals surface area (Å²) in [6.45, 7) is 3.69. The number of allylic oxidation sites excluding steroid dienone is 1. The highest BCUT2D eigenvalue weighted by Crippen LogP contribution is 2.41. The van der Waals surface area contributed by atoms with Gasteiger partial charge in [0.1, 0.15) is 5.76 Å². The van der Waals surface area contributed by atoms with Gasteiger partial charge in [0, 0.05) is 24.8 Å². The standard InChI is InChI=1S/C12H16O4/c1-7-4-9(13)8-6-12(2,11(14)15-3)16-10(8)5-7/h7H,4-6H2,1-3H3. The Morgan fingerprint density at radius 2 is 2.19 bits per heavy atom. The van der Waals surface area contributed by atoms with E-state index in [1.54, 1.807) is 6.92 Å². The number of rotatable bonds is 1. The third-order valence-electron chi connectivity index (χ3n) is 3.22. The van der Waals surface area contributed by atoms with Gasteiger partial charge in [-0.05, 0) is 12.8 Å². The number of esters is 1. The molecule has 0 aromatic heterocycles. The van der Waals surface area contributed by atoms with Gasteiger partial charge in [-0.2, -0.15) is 0 Å². The summed E-state index contributed by atoms with van der Waals surface area (Å²) >= 11 is 0. The van der Waals surface area contributed by atoms with Crippen LogP contribution in [0.1, 0.15) is 33.1 Å². The van der Waals surface area contributed by atoms with E-state index in [-0.39, 0.29) is 5.78 Å². The Labute approximate surface area is 94.6 Å². The molecule has 0 spiro atoms. The maximum Gasteiger partial charge on any atom is 0.350 e. The summed E-state index contributed by atoms with van der Waals surface area (Å²) in [5.74, 6) is 0.687. The molecule has 4 nitrogen and oxygen atoms in total. The molecule has 1 heterocycles. The number of carbonyl (C=O) groups is 2. The Kier molecular flexibility index (Phi) is 2.52. The highest BCUT2D eigenvalue weighted by Gasteiger charge is 2.47. The first-order valence-electron chi connectivity index (χ1n) is 5.49. The van der Waals surface area contributed by atoms with Gasteiger partial charge in [-0.25, -0.2) is 4.79 Å². The van der Waals surface area contributed by atoms with Crippen molar-refractivity contribution in [1.82, 2.24) is 0 Å². The number of ether oxygens (including phenoxy) is 2. The van der Waals surface area contributed by atoms with Gasteiger partial charge in [0.2, 0.25) is 5.60 Å². The average Bonchev–Trinajstić information content (AvgIpc) is 2.55. The van der Waals surface area contributed by atoms with Crippen LogP contribution in [-0.2, 0) is 19.1 Å². The predicted octanol–water partition coefficient (Wildman–Crippen LogP) is 1.59. The fourth-order valence-corrected chi connectivity index (χ4v) is 2.38. The molecule has 0 aromatic carbocycles. The highest BCUT2D eigenvalue weighted by molar-refractivity contribution is 5.99. The van der Waals surface area contributed by atoms with Crippen molar-refractivity contribution in [3.05, 3.63) is 11.3 Å². The molecule has 2 atom stereocenters. The molecule has 16 heavy (non-hydrogen) atoms. The van der Waals surface area contributed by atoms with Gasteiger partial charge in [0.15, 0.2) is 5.78 Å². The predicted molar refractivity (Wildman–Crippen MR) is 56.6 cm³/mol. The van der Waals surface area contributed by atoms with Gasteiger partial charge in [-0.1, -0.05) is 6.92 Å². The Morgan fingerprint density at radius 3 is 2.81 bits per heavy atom. The third kappa shape index (κ3) is 1.62. The first kappa shape index (κ1) is 11.2. The summed E-state index contributed by atoms with van der Waals surface area (Å²) in [6.07, 6.45) is 1.65. The lowest BCUT2D eigenvalue weighted by Gasteiger charge is -2.22. The van der Waals surface area contributed by atoms with E-state index in [1.807, 2.05) is 6.92 Å². The quantitative estimate of drug-likeness (QED) is 0.635. The monoisotopic (exact) mass is 224 g/mol. The molecule has 1 aliphatic carbocycles. The van der Waals surface area contributed by atoms with Crippen LogP contribution < -0.4 is 0 Å². The number of Topliss-reactive ketones (excluding diaryl/α,β-unsaturated/α-hetero) is 1. The fraction of sp³-hybridized carbons (Fsp3) is 0.667. The smallest absolute Gasteiger partial charge is 0.350 e. The SMILES string of the molecule is COC(=O)C1(C)CC2=C(CC(C)CC2=O)O1. The van der Waals surface area contributed by atoms with Gasteiger partial charge in [-0.15, -0.1) is 0 Å². The molecule has 0 fully saturated rings. The molecule has 0 aromatic rings. The number of hydrogen-bond acceptors (Lipinski definition) is 4. The molecule has 2 unspecified atom stereocenters. The van der Waals surface area contributed by atoms with Crippen molar-refractivity contribution in [1.29, 1.82) is 0 Å². The van der Waals surface area contributed by atoms with Crippen molar-refractivity contribution in [2.45, 2.75) is 38.7 Å². The highest BCUT2D eigenvalue weighted by atomic mass is 16.6. The zero-order valence-corrected chi connectivity index (χ0v) is 9.83. The summed E-state index contributed by atoms with van der Waals surface area (Å²) in [5.41, 5.74) is -0.315. The lowest BCUT2D eigenvalue weighted by atomic mass is 9.86. The third-order valence-corrected chi connectivity index (χ3v) is 3.22. The van der Waals surface area contributed by atoms with Crippen LogP contribution in [-0.4, -0.2) is 24.5 Å². The molecule has 2 aliphatic rings. The number of carbonyl (C=O) groups excluding carboxylic acids is 2. The van der Waals surface area contributed by atoms with Crippen LogP contribution in [0.25, 0.3) is 0 Å². The lowest BCUT2D eigenvalue weighted by molar-refractivity contribution is -0.160. The van der Waals surface area contributed by atoms with Crippen LogP contribution in [0.3, 0.4) is 0 Å². The number of ketones is 1. The summed E-state index contributed by atoms with van der Waals surface area (Å²) in [6, 6.07) is 0. The normalized spacial score (nSPS) is 33.4. The summed E-state index contributed by atoms with van der Waals surface area (Å²) < 4.78 is 10.3. The Morgan fingerprint density at radius 1 is 1.50 bits per heavy atom. The number of hydrogen-bond donors (Lipinski definition) is 0. The van der Waals surface area contributed by atoms with Crippen molar-refractivity contribution in [2.24, 2.45) is 5.92 Å². The van der Waals surface area contributed by atoms with Gasteiger partial charge >= 0.3 is 5.97 Å². The summed E-state index contributed by atoms with van der Waals surface area (Å²) in [4.78, 5) is 23.4. The molecule has 4 heteroatoms. The molecular formula is C12H16O4. The maximum absolute atomic E-state index is 11.8. The topological polar surface area (TPSA) is 52.6 Å². The minimum absolute atomic E-state index is 0.112. The summed E-state index contributed by atoms with van der Waals surface area (Å²) in [7, 11) is 1.33. The fourth-order valence-electron chi connectivity index (χ4n) is 2.38. The van der Waals surface area contributed by atoms with E-state index in [2.05, 4.69) is 0 Å². The van der Waals surface area contributed by atoms with Crippen LogP contribution in [0.5, 0.6) is 0 Å². The zero-order chi connectivity index (χ0) is 11.9. The van der Waals surface area contributed by atoms with Gasteiger partial charge in [0.05, 0.1) is 7.11 Å². The molecule has 2 rings (SSSR count). The van der Waals surface area contributed by atoms with Crippen molar-refractivity contribution >= 4 is 11.8 Å². The van der Waals surface area contributed by atoms with Crippen LogP contribution in [0.4, 0.5) is 0 Å². The molecule has 0 amide bonds. The van der Waals surface area contributed by atoms with Crippen molar-refractivity contribution in [2.75, 3.05) is 7.11 Å². The van der Waals surface area contributed by atoms with Gasteiger partial charge < -0.3 is 9.47 Å². The summed E-state index contributed by atoms with van der Waals surface area (Å²) in [5, 5.41) is 0. The van der Waals surface area contributed by atoms with E-state index in [9.17, 15) is 9.59 Å². The van der Waals surface area contributed by atoms with Crippen LogP contribution in [0.15, 0.2) is 11.3 Å². The Bertz CT molecular complexity index is 382. The van der Waals surface area contributed by atoms with E-state index in [1.165, 1.54) is 7.11 Å². The number of methoxy groups -OCH3 is 1. The minimum Gasteiger partial charge on any atom is -0.479 e. The Balaban J connectivity index is 2.23. The van der Waals surface area contributed by atoms with Gasteiger partial charge in [0.25, 0.3) is 0 Å². The molecule has 0 radical (unpaired) electrons. The first-order chi connectivity index (χ1) is 7.46. The van der Waals surface area contributed by atoms with Crippen molar-refractivity contribution in [3.8, 4) is 0 Å². The lowest BCUT2D eigenvalue weighted by Crippen LogP contribution is -2.36. The van der Waals surface area contributed by atoms with E-state index in [0.29, 0.717) is 30.1 Å². The van der Waals surface area contributed by atoms with Crippen LogP contribution in [0.2, 0.25) is 0 Å². The second kappa shape index (κ2) is 3.61. The molecule has 0 N–H and O–H groups in total.